The van der Waals surface area contributed by atoms with Gasteiger partial charge in [-0.25, -0.2) is 0 Å². The number of carbonyl (C=O) groups excluding carboxylic acids is 1. The fourth-order valence-corrected chi connectivity index (χ4v) is 3.02. The van der Waals surface area contributed by atoms with E-state index in [4.69, 9.17) is 10.5 Å². The molecule has 1 aliphatic rings. The highest BCUT2D eigenvalue weighted by Crippen LogP contribution is 2.11. The van der Waals surface area contributed by atoms with Crippen LogP contribution in [0.3, 0.4) is 0 Å². The molecule has 2 heterocycles. The number of amides is 1. The Labute approximate surface area is 138 Å². The Hall–Kier alpha value is -1.50. The summed E-state index contributed by atoms with van der Waals surface area (Å²) in [5.41, 5.74) is 7.87. The summed E-state index contributed by atoms with van der Waals surface area (Å²) in [5, 5.41) is 0. The van der Waals surface area contributed by atoms with Crippen molar-refractivity contribution in [2.45, 2.75) is 25.9 Å². The minimum atomic E-state index is -0.299. The first-order chi connectivity index (χ1) is 11.0. The zero-order chi connectivity index (χ0) is 16.7. The molecule has 0 spiro atoms. The van der Waals surface area contributed by atoms with E-state index in [0.717, 1.165) is 45.6 Å². The standard InChI is InChI=1S/C17H28N4O2/c1-14-5-6-19-10-15(14)4-3-7-21-8-9-23-16(12-21)11-20(2)13-17(18)22/h5-6,10,16H,3-4,7-9,11-13H2,1-2H3,(H2,18,22). The Kier molecular flexibility index (Phi) is 6.95. The van der Waals surface area contributed by atoms with Crippen LogP contribution in [-0.2, 0) is 16.0 Å². The normalized spacial score (nSPS) is 19.2. The van der Waals surface area contributed by atoms with Crippen molar-refractivity contribution >= 4 is 5.91 Å². The zero-order valence-electron chi connectivity index (χ0n) is 14.2. The maximum atomic E-state index is 10.9. The monoisotopic (exact) mass is 320 g/mol. The van der Waals surface area contributed by atoms with E-state index >= 15 is 0 Å². The fourth-order valence-electron chi connectivity index (χ4n) is 3.02. The van der Waals surface area contributed by atoms with Crippen LogP contribution in [0.5, 0.6) is 0 Å². The van der Waals surface area contributed by atoms with Gasteiger partial charge in [-0.05, 0) is 50.6 Å². The molecule has 0 saturated carbocycles. The van der Waals surface area contributed by atoms with Crippen LogP contribution in [0.15, 0.2) is 18.5 Å². The third-order valence-electron chi connectivity index (χ3n) is 4.23. The number of rotatable bonds is 8. The maximum Gasteiger partial charge on any atom is 0.231 e. The quantitative estimate of drug-likeness (QED) is 0.752. The summed E-state index contributed by atoms with van der Waals surface area (Å²) in [7, 11) is 1.90. The average molecular weight is 320 g/mol. The van der Waals surface area contributed by atoms with Crippen molar-refractivity contribution in [1.82, 2.24) is 14.8 Å². The van der Waals surface area contributed by atoms with Crippen molar-refractivity contribution in [3.63, 3.8) is 0 Å². The lowest BCUT2D eigenvalue weighted by molar-refractivity contribution is -0.119. The van der Waals surface area contributed by atoms with Gasteiger partial charge < -0.3 is 10.5 Å². The van der Waals surface area contributed by atoms with Crippen LogP contribution in [-0.4, -0.2) is 73.2 Å². The van der Waals surface area contributed by atoms with Crippen molar-refractivity contribution < 1.29 is 9.53 Å². The number of pyridine rings is 1. The third-order valence-corrected chi connectivity index (χ3v) is 4.23. The number of hydrogen-bond donors (Lipinski definition) is 1. The van der Waals surface area contributed by atoms with Gasteiger partial charge >= 0.3 is 0 Å². The van der Waals surface area contributed by atoms with Gasteiger partial charge in [0, 0.05) is 32.0 Å². The highest BCUT2D eigenvalue weighted by atomic mass is 16.5. The fraction of sp³-hybridized carbons (Fsp3) is 0.647. The Balaban J connectivity index is 1.71. The topological polar surface area (TPSA) is 71.7 Å². The molecule has 6 nitrogen and oxygen atoms in total. The Morgan fingerprint density at radius 3 is 3.13 bits per heavy atom. The van der Waals surface area contributed by atoms with Crippen molar-refractivity contribution in [3.05, 3.63) is 29.6 Å². The van der Waals surface area contributed by atoms with Gasteiger partial charge in [0.05, 0.1) is 19.3 Å². The summed E-state index contributed by atoms with van der Waals surface area (Å²) in [6.45, 7) is 6.85. The first kappa shape index (κ1) is 17.8. The molecule has 2 N–H and O–H groups in total. The van der Waals surface area contributed by atoms with Gasteiger partial charge in [-0.2, -0.15) is 0 Å². The second kappa shape index (κ2) is 8.96. The number of aromatic nitrogens is 1. The minimum Gasteiger partial charge on any atom is -0.374 e. The highest BCUT2D eigenvalue weighted by molar-refractivity contribution is 5.75. The van der Waals surface area contributed by atoms with Crippen molar-refractivity contribution in [2.75, 3.05) is 46.4 Å². The van der Waals surface area contributed by atoms with Gasteiger partial charge in [-0.3, -0.25) is 19.6 Å². The summed E-state index contributed by atoms with van der Waals surface area (Å²) < 4.78 is 5.80. The molecule has 1 amide bonds. The number of carbonyl (C=O) groups is 1. The van der Waals surface area contributed by atoms with Crippen molar-refractivity contribution in [2.24, 2.45) is 5.73 Å². The molecule has 1 atom stereocenters. The number of nitrogens with zero attached hydrogens (tertiary/aromatic N) is 3. The molecule has 1 aromatic rings. The summed E-state index contributed by atoms with van der Waals surface area (Å²) in [4.78, 5) is 19.5. The molecule has 128 valence electrons. The van der Waals surface area contributed by atoms with Crippen molar-refractivity contribution in [1.29, 1.82) is 0 Å². The predicted molar refractivity (Wildman–Crippen MR) is 90.2 cm³/mol. The van der Waals surface area contributed by atoms with Crippen LogP contribution in [0, 0.1) is 6.92 Å². The lowest BCUT2D eigenvalue weighted by Gasteiger charge is -2.34. The first-order valence-corrected chi connectivity index (χ1v) is 8.25. The van der Waals surface area contributed by atoms with Crippen molar-refractivity contribution in [3.8, 4) is 0 Å². The van der Waals surface area contributed by atoms with Crippen LogP contribution in [0.2, 0.25) is 0 Å². The zero-order valence-corrected chi connectivity index (χ0v) is 14.2. The van der Waals surface area contributed by atoms with E-state index in [2.05, 4.69) is 22.9 Å². The molecule has 0 aromatic carbocycles. The van der Waals surface area contributed by atoms with Gasteiger partial charge in [0.25, 0.3) is 0 Å². The largest absolute Gasteiger partial charge is 0.374 e. The molecule has 1 unspecified atom stereocenters. The van der Waals surface area contributed by atoms with Gasteiger partial charge in [0.15, 0.2) is 0 Å². The number of aryl methyl sites for hydroxylation is 2. The minimum absolute atomic E-state index is 0.147. The van der Waals surface area contributed by atoms with E-state index < -0.39 is 0 Å². The second-order valence-corrected chi connectivity index (χ2v) is 6.36. The van der Waals surface area contributed by atoms with Crippen LogP contribution in [0.1, 0.15) is 17.5 Å². The summed E-state index contributed by atoms with van der Waals surface area (Å²) in [5.74, 6) is -0.299. The summed E-state index contributed by atoms with van der Waals surface area (Å²) >= 11 is 0. The SMILES string of the molecule is Cc1ccncc1CCCN1CCOC(CN(C)CC(N)=O)C1. The molecule has 1 aromatic heterocycles. The summed E-state index contributed by atoms with van der Waals surface area (Å²) in [6.07, 6.45) is 6.14. The van der Waals surface area contributed by atoms with E-state index in [-0.39, 0.29) is 18.6 Å². The van der Waals surface area contributed by atoms with E-state index in [0.29, 0.717) is 0 Å². The highest BCUT2D eigenvalue weighted by Gasteiger charge is 2.21. The van der Waals surface area contributed by atoms with Gasteiger partial charge in [-0.15, -0.1) is 0 Å². The number of hydrogen-bond acceptors (Lipinski definition) is 5. The van der Waals surface area contributed by atoms with Gasteiger partial charge in [-0.1, -0.05) is 0 Å². The third kappa shape index (κ3) is 6.25. The molecular weight excluding hydrogens is 292 g/mol. The molecule has 1 fully saturated rings. The number of primary amides is 1. The predicted octanol–water partition coefficient (Wildman–Crippen LogP) is 0.441. The van der Waals surface area contributed by atoms with Crippen LogP contribution >= 0.6 is 0 Å². The lowest BCUT2D eigenvalue weighted by atomic mass is 10.1. The van der Waals surface area contributed by atoms with Crippen LogP contribution < -0.4 is 5.73 Å². The smallest absolute Gasteiger partial charge is 0.231 e. The van der Waals surface area contributed by atoms with E-state index in [1.54, 1.807) is 0 Å². The molecular formula is C17H28N4O2. The Morgan fingerprint density at radius 1 is 1.57 bits per heavy atom. The van der Waals surface area contributed by atoms with Crippen LogP contribution in [0.4, 0.5) is 0 Å². The van der Waals surface area contributed by atoms with E-state index in [9.17, 15) is 4.79 Å². The number of likely N-dealkylation sites (N-methyl/N-ethyl adjacent to an activating group) is 1. The van der Waals surface area contributed by atoms with Crippen LogP contribution in [0.25, 0.3) is 0 Å². The number of ether oxygens (including phenoxy) is 1. The molecule has 0 aliphatic carbocycles. The van der Waals surface area contributed by atoms with E-state index in [1.807, 2.05) is 24.3 Å². The number of nitrogens with two attached hydrogens (primary N) is 1. The number of morpholine rings is 1. The second-order valence-electron chi connectivity index (χ2n) is 6.36. The molecule has 6 heteroatoms. The lowest BCUT2D eigenvalue weighted by Crippen LogP contribution is -2.48. The average Bonchev–Trinajstić information content (AvgIpc) is 2.49. The maximum absolute atomic E-state index is 10.9. The Bertz CT molecular complexity index is 509. The van der Waals surface area contributed by atoms with E-state index in [1.165, 1.54) is 11.1 Å². The van der Waals surface area contributed by atoms with Gasteiger partial charge in [0.2, 0.25) is 5.91 Å². The molecule has 1 aliphatic heterocycles. The van der Waals surface area contributed by atoms with Gasteiger partial charge in [0.1, 0.15) is 0 Å². The Morgan fingerprint density at radius 2 is 2.39 bits per heavy atom. The molecule has 23 heavy (non-hydrogen) atoms. The summed E-state index contributed by atoms with van der Waals surface area (Å²) in [6, 6.07) is 2.06. The molecule has 0 bridgehead atoms. The first-order valence-electron chi connectivity index (χ1n) is 8.25. The molecule has 1 saturated heterocycles. The molecule has 2 rings (SSSR count). The molecule has 0 radical (unpaired) electrons.